The summed E-state index contributed by atoms with van der Waals surface area (Å²) in [5, 5.41) is 0. The molecule has 0 aromatic rings. The first kappa shape index (κ1) is 20.4. The van der Waals surface area contributed by atoms with Gasteiger partial charge in [0.15, 0.2) is 0 Å². The second-order valence-electron chi connectivity index (χ2n) is 5.52. The first-order chi connectivity index (χ1) is 10.7. The van der Waals surface area contributed by atoms with E-state index in [-0.39, 0.29) is 0 Å². The summed E-state index contributed by atoms with van der Waals surface area (Å²) >= 11 is 0. The van der Waals surface area contributed by atoms with Crippen LogP contribution in [0.15, 0.2) is 61.8 Å². The van der Waals surface area contributed by atoms with E-state index in [0.29, 0.717) is 0 Å². The summed E-state index contributed by atoms with van der Waals surface area (Å²) in [7, 11) is 0. The van der Waals surface area contributed by atoms with Gasteiger partial charge in [0.2, 0.25) is 0 Å². The third kappa shape index (κ3) is 11.1. The van der Waals surface area contributed by atoms with Crippen molar-refractivity contribution in [2.45, 2.75) is 51.4 Å². The highest BCUT2D eigenvalue weighted by Gasteiger charge is 2.10. The molecule has 0 spiro atoms. The van der Waals surface area contributed by atoms with E-state index >= 15 is 0 Å². The minimum absolute atomic E-state index is 0.862. The van der Waals surface area contributed by atoms with Crippen LogP contribution in [-0.2, 0) is 0 Å². The van der Waals surface area contributed by atoms with Gasteiger partial charge in [-0.05, 0) is 37.8 Å². The van der Waals surface area contributed by atoms with E-state index in [9.17, 15) is 0 Å². The van der Waals surface area contributed by atoms with Gasteiger partial charge in [-0.2, -0.15) is 12.8 Å². The molecule has 0 unspecified atom stereocenters. The number of hydrogen-bond acceptors (Lipinski definition) is 0. The van der Waals surface area contributed by atoms with Gasteiger partial charge in [0.1, 0.15) is 12.8 Å². The molecule has 0 aliphatic heterocycles. The number of allylic oxidation sites excluding steroid dienone is 6. The summed E-state index contributed by atoms with van der Waals surface area (Å²) in [5.74, 6) is 1.47. The lowest BCUT2D eigenvalue weighted by molar-refractivity contribution is 0.792. The minimum atomic E-state index is 0.862. The highest BCUT2D eigenvalue weighted by Crippen LogP contribution is 2.23. The molecule has 0 nitrogen and oxygen atoms in total. The van der Waals surface area contributed by atoms with E-state index < -0.39 is 0 Å². The van der Waals surface area contributed by atoms with E-state index in [1.165, 1.54) is 17.1 Å². The van der Waals surface area contributed by atoms with Gasteiger partial charge in [-0.3, -0.25) is 12.8 Å². The molecule has 120 valence electrons. The van der Waals surface area contributed by atoms with Gasteiger partial charge < -0.3 is 0 Å². The molecular weight excluding hydrogens is 264 g/mol. The standard InChI is InChI=1S/C22H32/c1-6-10-15-20(5)18-19-22(14-9-4)17-11-16-21(12-7-2)13-8-3/h7-11,19H,1-6,12-18H2. The fourth-order valence-electron chi connectivity index (χ4n) is 2.23. The third-order valence-electron chi connectivity index (χ3n) is 3.43. The Kier molecular flexibility index (Phi) is 13.4. The molecule has 0 radical (unpaired) electrons. The topological polar surface area (TPSA) is 0 Å². The molecule has 0 aliphatic carbocycles. The van der Waals surface area contributed by atoms with Crippen molar-refractivity contribution in [1.29, 1.82) is 0 Å². The van der Waals surface area contributed by atoms with Crippen molar-refractivity contribution >= 4 is 0 Å². The summed E-state index contributed by atoms with van der Waals surface area (Å²) in [6.45, 7) is 19.4. The van der Waals surface area contributed by atoms with Crippen molar-refractivity contribution in [3.8, 4) is 0 Å². The van der Waals surface area contributed by atoms with Gasteiger partial charge in [0, 0.05) is 6.92 Å². The lowest BCUT2D eigenvalue weighted by atomic mass is 9.92. The lowest BCUT2D eigenvalue weighted by Crippen LogP contribution is -1.96. The largest absolute Gasteiger partial charge is 0.281 e. The van der Waals surface area contributed by atoms with Crippen molar-refractivity contribution in [1.82, 2.24) is 0 Å². The summed E-state index contributed by atoms with van der Waals surface area (Å²) in [6, 6.07) is 0. The van der Waals surface area contributed by atoms with Crippen molar-refractivity contribution in [2.75, 3.05) is 0 Å². The molecule has 0 heteroatoms. The number of hydrogen-bond donors (Lipinski definition) is 0. The van der Waals surface area contributed by atoms with Gasteiger partial charge in [-0.1, -0.05) is 30.9 Å². The summed E-state index contributed by atoms with van der Waals surface area (Å²) in [6.07, 6.45) is 20.4. The minimum Gasteiger partial charge on any atom is -0.281 e. The van der Waals surface area contributed by atoms with Gasteiger partial charge in [-0.25, -0.2) is 0 Å². The number of unbranched alkanes of at least 4 members (excludes halogenated alkanes) is 1. The molecule has 0 aromatic carbocycles. The van der Waals surface area contributed by atoms with Crippen LogP contribution in [0.1, 0.15) is 51.4 Å². The zero-order valence-corrected chi connectivity index (χ0v) is 14.2. The van der Waals surface area contributed by atoms with Crippen molar-refractivity contribution in [3.63, 3.8) is 0 Å². The Bertz CT molecular complexity index is 346. The highest BCUT2D eigenvalue weighted by molar-refractivity contribution is 5.15. The molecular formula is C22H32. The maximum absolute atomic E-state index is 4.12. The average molecular weight is 296 g/mol. The van der Waals surface area contributed by atoms with E-state index in [1.807, 2.05) is 18.2 Å². The van der Waals surface area contributed by atoms with Gasteiger partial charge >= 0.3 is 0 Å². The molecule has 0 saturated carbocycles. The van der Waals surface area contributed by atoms with E-state index in [2.05, 4.69) is 52.2 Å². The van der Waals surface area contributed by atoms with Crippen LogP contribution in [0.2, 0.25) is 0 Å². The van der Waals surface area contributed by atoms with Crippen LogP contribution in [0.25, 0.3) is 0 Å². The zero-order valence-electron chi connectivity index (χ0n) is 14.2. The normalized spacial score (nSPS) is 11.0. The average Bonchev–Trinajstić information content (AvgIpc) is 2.51. The molecule has 22 heavy (non-hydrogen) atoms. The van der Waals surface area contributed by atoms with Gasteiger partial charge in [-0.15, -0.1) is 18.7 Å². The van der Waals surface area contributed by atoms with Crippen LogP contribution >= 0.6 is 0 Å². The molecule has 0 N–H and O–H groups in total. The van der Waals surface area contributed by atoms with Crippen LogP contribution in [0.3, 0.4) is 0 Å². The van der Waals surface area contributed by atoms with E-state index in [4.69, 9.17) is 0 Å². The predicted molar refractivity (Wildman–Crippen MR) is 102 cm³/mol. The zero-order chi connectivity index (χ0) is 16.6. The Balaban J connectivity index is 4.26. The van der Waals surface area contributed by atoms with Crippen LogP contribution in [-0.4, -0.2) is 0 Å². The Hall–Kier alpha value is -1.56. The predicted octanol–water partition coefficient (Wildman–Crippen LogP) is 6.96. The fraction of sp³-hybridized carbons (Fsp3) is 0.364. The molecule has 0 heterocycles. The van der Waals surface area contributed by atoms with Gasteiger partial charge in [0.05, 0.1) is 5.92 Å². The summed E-state index contributed by atoms with van der Waals surface area (Å²) < 4.78 is 0. The Morgan fingerprint density at radius 3 is 2.18 bits per heavy atom. The molecule has 0 saturated heterocycles. The molecule has 0 atom stereocenters. The Labute approximate surface area is 139 Å². The van der Waals surface area contributed by atoms with Crippen LogP contribution in [0, 0.1) is 25.7 Å². The van der Waals surface area contributed by atoms with Gasteiger partial charge in [0.25, 0.3) is 0 Å². The SMILES string of the molecule is C=CCC(=CCC(=C)C[CH-]C[CH2+])C[CH-]C[C+](CC=C)CC=C. The third-order valence-corrected chi connectivity index (χ3v) is 3.43. The Morgan fingerprint density at radius 1 is 0.955 bits per heavy atom. The molecule has 0 rings (SSSR count). The number of rotatable bonds is 15. The smallest absolute Gasteiger partial charge is 0.105 e. The Morgan fingerprint density at radius 2 is 1.64 bits per heavy atom. The fourth-order valence-corrected chi connectivity index (χ4v) is 2.23. The highest BCUT2D eigenvalue weighted by atomic mass is 14.1. The first-order valence-electron chi connectivity index (χ1n) is 8.11. The molecule has 0 aliphatic rings. The maximum atomic E-state index is 4.12. The molecule has 0 aromatic heterocycles. The lowest BCUT2D eigenvalue weighted by Gasteiger charge is -2.15. The quantitative estimate of drug-likeness (QED) is 0.226. The van der Waals surface area contributed by atoms with E-state index in [0.717, 1.165) is 51.4 Å². The van der Waals surface area contributed by atoms with E-state index in [1.54, 1.807) is 0 Å². The second kappa shape index (κ2) is 14.4. The van der Waals surface area contributed by atoms with Crippen LogP contribution in [0.5, 0.6) is 0 Å². The second-order valence-corrected chi connectivity index (χ2v) is 5.52. The van der Waals surface area contributed by atoms with Crippen LogP contribution < -0.4 is 0 Å². The summed E-state index contributed by atoms with van der Waals surface area (Å²) in [4.78, 5) is 0. The molecule has 0 fully saturated rings. The van der Waals surface area contributed by atoms with Crippen LogP contribution in [0.4, 0.5) is 0 Å². The molecule has 0 amide bonds. The monoisotopic (exact) mass is 296 g/mol. The first-order valence-corrected chi connectivity index (χ1v) is 8.11. The summed E-state index contributed by atoms with van der Waals surface area (Å²) in [5.41, 5.74) is 2.66. The maximum Gasteiger partial charge on any atom is 0.105 e. The molecule has 0 bridgehead atoms. The van der Waals surface area contributed by atoms with Crippen molar-refractivity contribution < 1.29 is 0 Å². The van der Waals surface area contributed by atoms with Crippen molar-refractivity contribution in [3.05, 3.63) is 87.4 Å². The van der Waals surface area contributed by atoms with Crippen molar-refractivity contribution in [2.24, 2.45) is 0 Å².